The highest BCUT2D eigenvalue weighted by atomic mass is 16.5. The third-order valence-electron chi connectivity index (χ3n) is 4.09. The molecule has 0 aromatic carbocycles. The molecule has 2 rings (SSSR count). The molecule has 0 bridgehead atoms. The van der Waals surface area contributed by atoms with Gasteiger partial charge < -0.3 is 10.5 Å². The number of nitrogens with two attached hydrogens (primary N) is 1. The van der Waals surface area contributed by atoms with E-state index in [2.05, 4.69) is 9.80 Å². The fourth-order valence-electron chi connectivity index (χ4n) is 3.08. The number of nitrogens with zero attached hydrogens (tertiary/aromatic N) is 2. The zero-order valence-electron chi connectivity index (χ0n) is 11.3. The maximum Gasteiger partial charge on any atom is 0.234 e. The van der Waals surface area contributed by atoms with Crippen molar-refractivity contribution in [2.45, 2.75) is 25.8 Å². The minimum atomic E-state index is -0.176. The van der Waals surface area contributed by atoms with Gasteiger partial charge in [-0.2, -0.15) is 0 Å². The van der Waals surface area contributed by atoms with E-state index in [4.69, 9.17) is 10.5 Å². The number of hydrogen-bond acceptors (Lipinski definition) is 4. The molecule has 2 saturated heterocycles. The van der Waals surface area contributed by atoms with Gasteiger partial charge in [0.15, 0.2) is 0 Å². The van der Waals surface area contributed by atoms with Gasteiger partial charge in [0.25, 0.3) is 0 Å². The summed E-state index contributed by atoms with van der Waals surface area (Å²) in [7, 11) is 0. The number of primary amides is 1. The molecule has 2 atom stereocenters. The van der Waals surface area contributed by atoms with Gasteiger partial charge in [-0.15, -0.1) is 0 Å². The number of carbonyl (C=O) groups excluding carboxylic acids is 1. The fraction of sp³-hybridized carbons (Fsp3) is 0.923. The first kappa shape index (κ1) is 13.8. The number of rotatable bonds is 5. The fourth-order valence-corrected chi connectivity index (χ4v) is 3.08. The molecule has 2 heterocycles. The van der Waals surface area contributed by atoms with Crippen molar-refractivity contribution in [1.82, 2.24) is 9.80 Å². The number of carbonyl (C=O) groups is 1. The van der Waals surface area contributed by atoms with Crippen molar-refractivity contribution in [1.29, 1.82) is 0 Å². The minimum absolute atomic E-state index is 0.0697. The molecule has 104 valence electrons. The van der Waals surface area contributed by atoms with E-state index in [1.807, 2.05) is 6.92 Å². The second-order valence-electron chi connectivity index (χ2n) is 5.39. The predicted molar refractivity (Wildman–Crippen MR) is 70.2 cm³/mol. The molecule has 0 aromatic heterocycles. The van der Waals surface area contributed by atoms with Crippen LogP contribution in [0, 0.1) is 5.92 Å². The minimum Gasteiger partial charge on any atom is -0.379 e. The first-order valence-corrected chi connectivity index (χ1v) is 7.04. The van der Waals surface area contributed by atoms with Crippen LogP contribution >= 0.6 is 0 Å². The van der Waals surface area contributed by atoms with Crippen LogP contribution in [0.4, 0.5) is 0 Å². The molecule has 2 N–H and O–H groups in total. The third-order valence-corrected chi connectivity index (χ3v) is 4.09. The summed E-state index contributed by atoms with van der Waals surface area (Å²) in [6.07, 6.45) is 2.00. The van der Waals surface area contributed by atoms with Crippen LogP contribution in [0.15, 0.2) is 0 Å². The molecule has 0 aliphatic carbocycles. The molecule has 5 nitrogen and oxygen atoms in total. The van der Waals surface area contributed by atoms with Crippen LogP contribution in [0.2, 0.25) is 0 Å². The molecule has 5 heteroatoms. The van der Waals surface area contributed by atoms with Crippen molar-refractivity contribution in [3.63, 3.8) is 0 Å². The zero-order chi connectivity index (χ0) is 13.0. The molecule has 0 spiro atoms. The predicted octanol–water partition coefficient (Wildman–Crippen LogP) is -0.0956. The van der Waals surface area contributed by atoms with Crippen molar-refractivity contribution >= 4 is 5.91 Å². The molecule has 2 fully saturated rings. The van der Waals surface area contributed by atoms with Crippen molar-refractivity contribution in [2.75, 3.05) is 45.9 Å². The number of hydrogen-bond donors (Lipinski definition) is 1. The van der Waals surface area contributed by atoms with E-state index in [-0.39, 0.29) is 11.9 Å². The number of likely N-dealkylation sites (tertiary alicyclic amines) is 1. The van der Waals surface area contributed by atoms with Gasteiger partial charge in [-0.05, 0) is 25.3 Å². The number of morpholine rings is 1. The van der Waals surface area contributed by atoms with Crippen LogP contribution in [0.1, 0.15) is 19.8 Å². The highest BCUT2D eigenvalue weighted by molar-refractivity contribution is 5.79. The maximum absolute atomic E-state index is 11.4. The van der Waals surface area contributed by atoms with Gasteiger partial charge in [-0.3, -0.25) is 14.6 Å². The Hall–Kier alpha value is -0.650. The Balaban J connectivity index is 1.78. The van der Waals surface area contributed by atoms with E-state index in [0.717, 1.165) is 52.4 Å². The molecule has 2 unspecified atom stereocenters. The first-order chi connectivity index (χ1) is 8.70. The average molecular weight is 255 g/mol. The molecule has 2 aliphatic rings. The van der Waals surface area contributed by atoms with E-state index >= 15 is 0 Å². The lowest BCUT2D eigenvalue weighted by molar-refractivity contribution is -0.123. The Kier molecular flexibility index (Phi) is 4.97. The van der Waals surface area contributed by atoms with Crippen LogP contribution in [-0.2, 0) is 9.53 Å². The number of ether oxygens (including phenoxy) is 1. The maximum atomic E-state index is 11.4. The Morgan fingerprint density at radius 1 is 1.39 bits per heavy atom. The van der Waals surface area contributed by atoms with E-state index in [0.29, 0.717) is 5.92 Å². The lowest BCUT2D eigenvalue weighted by Crippen LogP contribution is -2.44. The van der Waals surface area contributed by atoms with Gasteiger partial charge in [0.1, 0.15) is 0 Å². The van der Waals surface area contributed by atoms with Gasteiger partial charge >= 0.3 is 0 Å². The van der Waals surface area contributed by atoms with Crippen molar-refractivity contribution < 1.29 is 9.53 Å². The highest BCUT2D eigenvalue weighted by Crippen LogP contribution is 2.21. The molecule has 1 amide bonds. The summed E-state index contributed by atoms with van der Waals surface area (Å²) in [5.74, 6) is 0.501. The van der Waals surface area contributed by atoms with Crippen molar-refractivity contribution in [3.05, 3.63) is 0 Å². The van der Waals surface area contributed by atoms with Crippen molar-refractivity contribution in [2.24, 2.45) is 11.7 Å². The van der Waals surface area contributed by atoms with Gasteiger partial charge in [0, 0.05) is 26.2 Å². The van der Waals surface area contributed by atoms with Gasteiger partial charge in [-0.25, -0.2) is 0 Å². The molecular weight excluding hydrogens is 230 g/mol. The number of amides is 1. The molecule has 2 aliphatic heterocycles. The largest absolute Gasteiger partial charge is 0.379 e. The molecule has 0 aromatic rings. The summed E-state index contributed by atoms with van der Waals surface area (Å²) in [4.78, 5) is 16.1. The Bertz CT molecular complexity index is 279. The summed E-state index contributed by atoms with van der Waals surface area (Å²) in [6.45, 7) is 8.99. The van der Waals surface area contributed by atoms with Crippen LogP contribution in [0.25, 0.3) is 0 Å². The third kappa shape index (κ3) is 3.43. The van der Waals surface area contributed by atoms with Crippen LogP contribution in [-0.4, -0.2) is 67.7 Å². The standard InChI is InChI=1S/C13H25N3O2/c1-2-12(13(14)17)16-4-3-11(10-16)9-15-5-7-18-8-6-15/h11-12H,2-10H2,1H3,(H2,14,17). The Morgan fingerprint density at radius 3 is 2.72 bits per heavy atom. The SMILES string of the molecule is CCC(C(N)=O)N1CCC(CN2CCOCC2)C1. The van der Waals surface area contributed by atoms with Crippen LogP contribution < -0.4 is 5.73 Å². The lowest BCUT2D eigenvalue weighted by Gasteiger charge is -2.29. The van der Waals surface area contributed by atoms with Gasteiger partial charge in [0.05, 0.1) is 19.3 Å². The second kappa shape index (κ2) is 6.50. The van der Waals surface area contributed by atoms with E-state index in [9.17, 15) is 4.79 Å². The summed E-state index contributed by atoms with van der Waals surface area (Å²) < 4.78 is 5.36. The molecular formula is C13H25N3O2. The van der Waals surface area contributed by atoms with Gasteiger partial charge in [0.2, 0.25) is 5.91 Å². The normalized spacial score (nSPS) is 28.4. The highest BCUT2D eigenvalue weighted by Gasteiger charge is 2.31. The topological polar surface area (TPSA) is 58.8 Å². The first-order valence-electron chi connectivity index (χ1n) is 7.04. The summed E-state index contributed by atoms with van der Waals surface area (Å²) in [5, 5.41) is 0. The average Bonchev–Trinajstić information content (AvgIpc) is 2.79. The summed E-state index contributed by atoms with van der Waals surface area (Å²) >= 11 is 0. The quantitative estimate of drug-likeness (QED) is 0.745. The Labute approximate surface area is 109 Å². The van der Waals surface area contributed by atoms with E-state index in [1.165, 1.54) is 6.42 Å². The summed E-state index contributed by atoms with van der Waals surface area (Å²) in [6, 6.07) is -0.0697. The smallest absolute Gasteiger partial charge is 0.234 e. The van der Waals surface area contributed by atoms with Gasteiger partial charge in [-0.1, -0.05) is 6.92 Å². The summed E-state index contributed by atoms with van der Waals surface area (Å²) in [5.41, 5.74) is 5.45. The molecule has 0 radical (unpaired) electrons. The van der Waals surface area contributed by atoms with E-state index in [1.54, 1.807) is 0 Å². The van der Waals surface area contributed by atoms with Crippen LogP contribution in [0.5, 0.6) is 0 Å². The van der Waals surface area contributed by atoms with Crippen LogP contribution in [0.3, 0.4) is 0 Å². The lowest BCUT2D eigenvalue weighted by atomic mass is 10.1. The monoisotopic (exact) mass is 255 g/mol. The van der Waals surface area contributed by atoms with E-state index < -0.39 is 0 Å². The molecule has 18 heavy (non-hydrogen) atoms. The second-order valence-corrected chi connectivity index (χ2v) is 5.39. The Morgan fingerprint density at radius 2 is 2.11 bits per heavy atom. The zero-order valence-corrected chi connectivity index (χ0v) is 11.3. The van der Waals surface area contributed by atoms with Crippen molar-refractivity contribution in [3.8, 4) is 0 Å². The molecule has 0 saturated carbocycles.